The summed E-state index contributed by atoms with van der Waals surface area (Å²) >= 11 is 3.60. The molecule has 1 aromatic heterocycles. The average Bonchev–Trinajstić information content (AvgIpc) is 2.54. The lowest BCUT2D eigenvalue weighted by Crippen LogP contribution is -2.29. The number of nitrogens with zero attached hydrogens (tertiary/aromatic N) is 2. The van der Waals surface area contributed by atoms with Gasteiger partial charge in [0.2, 0.25) is 0 Å². The van der Waals surface area contributed by atoms with Crippen LogP contribution in [0.2, 0.25) is 0 Å². The van der Waals surface area contributed by atoms with Crippen LogP contribution in [-0.4, -0.2) is 15.4 Å². The lowest BCUT2D eigenvalue weighted by atomic mass is 10.2. The van der Waals surface area contributed by atoms with Gasteiger partial charge in [0.25, 0.3) is 0 Å². The fourth-order valence-corrected chi connectivity index (χ4v) is 2.21. The topological polar surface area (TPSA) is 39.1 Å². The van der Waals surface area contributed by atoms with Gasteiger partial charge in [-0.15, -0.1) is 0 Å². The van der Waals surface area contributed by atoms with Crippen molar-refractivity contribution in [3.05, 3.63) is 15.9 Å². The molecule has 0 radical (unpaired) electrons. The van der Waals surface area contributed by atoms with Crippen molar-refractivity contribution in [2.75, 3.05) is 0 Å². The number of hydrogen-bond donors (Lipinski definition) is 1. The predicted molar refractivity (Wildman–Crippen MR) is 72.7 cm³/mol. The maximum Gasteiger partial charge on any atom is 0.0813 e. The van der Waals surface area contributed by atoms with Crippen molar-refractivity contribution < 1.29 is 4.84 Å². The molecule has 0 aromatic carbocycles. The number of hydrogen-bond acceptors (Lipinski definition) is 3. The van der Waals surface area contributed by atoms with Crippen LogP contribution < -0.4 is 5.48 Å². The van der Waals surface area contributed by atoms with Crippen molar-refractivity contribution in [3.63, 3.8) is 0 Å². The fraction of sp³-hybridized carbons (Fsp3) is 0.750. The molecule has 0 aliphatic heterocycles. The molecule has 4 nitrogen and oxygen atoms in total. The molecule has 0 atom stereocenters. The summed E-state index contributed by atoms with van der Waals surface area (Å²) in [6.07, 6.45) is 0.931. The van der Waals surface area contributed by atoms with Gasteiger partial charge in [-0.1, -0.05) is 6.92 Å². The molecule has 0 amide bonds. The van der Waals surface area contributed by atoms with Gasteiger partial charge in [-0.3, -0.25) is 9.52 Å². The quantitative estimate of drug-likeness (QED) is 0.850. The minimum Gasteiger partial charge on any atom is -0.296 e. The molecule has 1 heterocycles. The number of halogens is 1. The van der Waals surface area contributed by atoms with Crippen molar-refractivity contribution >= 4 is 15.9 Å². The Labute approximate surface area is 112 Å². The van der Waals surface area contributed by atoms with Gasteiger partial charge in [0.1, 0.15) is 0 Å². The molecule has 5 heteroatoms. The number of aryl methyl sites for hydroxylation is 2. The van der Waals surface area contributed by atoms with E-state index in [1.165, 1.54) is 0 Å². The molecule has 1 N–H and O–H groups in total. The van der Waals surface area contributed by atoms with Crippen molar-refractivity contribution in [2.24, 2.45) is 0 Å². The third-order valence-electron chi connectivity index (χ3n) is 2.31. The van der Waals surface area contributed by atoms with E-state index in [2.05, 4.69) is 40.4 Å². The Kier molecular flexibility index (Phi) is 5.16. The summed E-state index contributed by atoms with van der Waals surface area (Å²) in [5.74, 6) is 0. The SMILES string of the molecule is CCc1nn(CC)c(CNOC(C)(C)C)c1Br. The second-order valence-electron chi connectivity index (χ2n) is 4.91. The van der Waals surface area contributed by atoms with Crippen molar-refractivity contribution in [1.29, 1.82) is 0 Å². The van der Waals surface area contributed by atoms with Crippen LogP contribution in [0.1, 0.15) is 46.0 Å². The number of hydroxylamine groups is 1. The number of nitrogens with one attached hydrogen (secondary N) is 1. The summed E-state index contributed by atoms with van der Waals surface area (Å²) in [6, 6.07) is 0. The highest BCUT2D eigenvalue weighted by atomic mass is 79.9. The van der Waals surface area contributed by atoms with Crippen LogP contribution in [0.4, 0.5) is 0 Å². The Morgan fingerprint density at radius 3 is 2.47 bits per heavy atom. The van der Waals surface area contributed by atoms with Crippen LogP contribution in [0, 0.1) is 0 Å². The first-order valence-electron chi connectivity index (χ1n) is 6.04. The molecule has 17 heavy (non-hydrogen) atoms. The molecule has 0 aliphatic rings. The largest absolute Gasteiger partial charge is 0.296 e. The van der Waals surface area contributed by atoms with E-state index < -0.39 is 0 Å². The Morgan fingerprint density at radius 1 is 1.35 bits per heavy atom. The molecule has 0 aliphatic carbocycles. The summed E-state index contributed by atoms with van der Waals surface area (Å²) in [5.41, 5.74) is 5.05. The maximum atomic E-state index is 5.52. The normalized spacial score (nSPS) is 12.1. The van der Waals surface area contributed by atoms with Gasteiger partial charge in [-0.25, -0.2) is 0 Å². The van der Waals surface area contributed by atoms with E-state index in [1.54, 1.807) is 0 Å². The first-order chi connectivity index (χ1) is 7.89. The molecular formula is C12H22BrN3O. The summed E-state index contributed by atoms with van der Waals surface area (Å²) in [7, 11) is 0. The van der Waals surface area contributed by atoms with E-state index in [9.17, 15) is 0 Å². The molecule has 0 bridgehead atoms. The Bertz CT molecular complexity index is 369. The lowest BCUT2D eigenvalue weighted by molar-refractivity contribution is -0.0765. The minimum atomic E-state index is -0.183. The van der Waals surface area contributed by atoms with Gasteiger partial charge in [0.15, 0.2) is 0 Å². The average molecular weight is 304 g/mol. The van der Waals surface area contributed by atoms with Crippen molar-refractivity contribution in [3.8, 4) is 0 Å². The van der Waals surface area contributed by atoms with Gasteiger partial charge in [-0.2, -0.15) is 10.6 Å². The zero-order valence-corrected chi connectivity index (χ0v) is 12.9. The van der Waals surface area contributed by atoms with Crippen LogP contribution in [-0.2, 0) is 24.3 Å². The van der Waals surface area contributed by atoms with Gasteiger partial charge in [-0.05, 0) is 50.0 Å². The first kappa shape index (κ1) is 14.7. The van der Waals surface area contributed by atoms with E-state index in [-0.39, 0.29) is 5.60 Å². The highest BCUT2D eigenvalue weighted by molar-refractivity contribution is 9.10. The third kappa shape index (κ3) is 4.08. The molecule has 0 spiro atoms. The molecule has 1 aromatic rings. The summed E-state index contributed by atoms with van der Waals surface area (Å²) < 4.78 is 3.09. The second kappa shape index (κ2) is 5.98. The van der Waals surface area contributed by atoms with Crippen LogP contribution in [0.5, 0.6) is 0 Å². The highest BCUT2D eigenvalue weighted by Gasteiger charge is 2.15. The highest BCUT2D eigenvalue weighted by Crippen LogP contribution is 2.22. The molecular weight excluding hydrogens is 282 g/mol. The smallest absolute Gasteiger partial charge is 0.0813 e. The van der Waals surface area contributed by atoms with Gasteiger partial charge >= 0.3 is 0 Å². The lowest BCUT2D eigenvalue weighted by Gasteiger charge is -2.19. The van der Waals surface area contributed by atoms with Gasteiger partial charge in [0.05, 0.1) is 28.0 Å². The van der Waals surface area contributed by atoms with Crippen LogP contribution >= 0.6 is 15.9 Å². The van der Waals surface area contributed by atoms with E-state index in [1.807, 2.05) is 25.5 Å². The fourth-order valence-electron chi connectivity index (χ4n) is 1.51. The molecule has 0 unspecified atom stereocenters. The molecule has 98 valence electrons. The summed E-state index contributed by atoms with van der Waals surface area (Å²) in [4.78, 5) is 5.52. The van der Waals surface area contributed by atoms with E-state index >= 15 is 0 Å². The van der Waals surface area contributed by atoms with E-state index in [4.69, 9.17) is 4.84 Å². The number of rotatable bonds is 5. The Balaban J connectivity index is 2.72. The van der Waals surface area contributed by atoms with E-state index in [0.717, 1.165) is 28.8 Å². The summed E-state index contributed by atoms with van der Waals surface area (Å²) in [5, 5.41) is 4.54. The molecule has 0 saturated heterocycles. The molecule has 1 rings (SSSR count). The van der Waals surface area contributed by atoms with Crippen LogP contribution in [0.25, 0.3) is 0 Å². The van der Waals surface area contributed by atoms with Gasteiger partial charge < -0.3 is 0 Å². The van der Waals surface area contributed by atoms with Crippen molar-refractivity contribution in [2.45, 2.75) is 59.7 Å². The first-order valence-corrected chi connectivity index (χ1v) is 6.83. The zero-order valence-electron chi connectivity index (χ0n) is 11.3. The predicted octanol–water partition coefficient (Wildman–Crippen LogP) is 3.05. The second-order valence-corrected chi connectivity index (χ2v) is 5.71. The Hall–Kier alpha value is -0.390. The summed E-state index contributed by atoms with van der Waals surface area (Å²) in [6.45, 7) is 11.8. The van der Waals surface area contributed by atoms with E-state index in [0.29, 0.717) is 6.54 Å². The maximum absolute atomic E-state index is 5.52. The standard InChI is InChI=1S/C12H22BrN3O/c1-6-9-11(13)10(16(7-2)15-9)8-14-17-12(3,4)5/h14H,6-8H2,1-5H3. The van der Waals surface area contributed by atoms with Crippen LogP contribution in [0.3, 0.4) is 0 Å². The third-order valence-corrected chi connectivity index (χ3v) is 3.23. The molecule has 0 fully saturated rings. The van der Waals surface area contributed by atoms with Gasteiger partial charge in [0, 0.05) is 6.54 Å². The zero-order chi connectivity index (χ0) is 13.1. The Morgan fingerprint density at radius 2 is 2.00 bits per heavy atom. The van der Waals surface area contributed by atoms with Crippen LogP contribution in [0.15, 0.2) is 4.47 Å². The number of aromatic nitrogens is 2. The monoisotopic (exact) mass is 303 g/mol. The molecule has 0 saturated carbocycles. The minimum absolute atomic E-state index is 0.183. The van der Waals surface area contributed by atoms with Crippen molar-refractivity contribution in [1.82, 2.24) is 15.3 Å².